The van der Waals surface area contributed by atoms with Crippen LogP contribution in [0.5, 0.6) is 0 Å². The molecule has 0 unspecified atom stereocenters. The Balaban J connectivity index is 0.000000547. The molecule has 3 aliphatic rings. The summed E-state index contributed by atoms with van der Waals surface area (Å²) >= 11 is 6.02. The highest BCUT2D eigenvalue weighted by atomic mass is 35.5. The molecule has 3 aliphatic heterocycles. The number of piperidine rings is 1. The van der Waals surface area contributed by atoms with E-state index >= 15 is 0 Å². The lowest BCUT2D eigenvalue weighted by molar-refractivity contribution is -0.123. The van der Waals surface area contributed by atoms with Crippen LogP contribution in [0.25, 0.3) is 0 Å². The van der Waals surface area contributed by atoms with Crippen molar-refractivity contribution in [3.63, 3.8) is 0 Å². The number of ether oxygens (including phenoxy) is 1. The van der Waals surface area contributed by atoms with Crippen LogP contribution in [0.2, 0.25) is 5.02 Å². The van der Waals surface area contributed by atoms with Crippen molar-refractivity contribution in [2.75, 3.05) is 39.3 Å². The molecule has 0 radical (unpaired) electrons. The normalized spacial score (nSPS) is 26.1. The SMILES string of the molecule is CCCN1CCC(N[C@@H]2C[C@H]3CO[C@@H](c4ccc(Cl)cc4)CN3C2)CC1.O=CO.O=CO. The van der Waals surface area contributed by atoms with E-state index < -0.39 is 0 Å². The molecule has 3 atom stereocenters. The number of nitrogens with one attached hydrogen (secondary N) is 1. The van der Waals surface area contributed by atoms with Crippen LogP contribution in [0.1, 0.15) is 44.3 Å². The number of nitrogens with zero attached hydrogens (tertiary/aromatic N) is 2. The second kappa shape index (κ2) is 14.4. The smallest absolute Gasteiger partial charge is 0.290 e. The quantitative estimate of drug-likeness (QED) is 0.566. The zero-order chi connectivity index (χ0) is 23.3. The highest BCUT2D eigenvalue weighted by Gasteiger charge is 2.38. The van der Waals surface area contributed by atoms with Gasteiger partial charge in [0.15, 0.2) is 0 Å². The topological polar surface area (TPSA) is 102 Å². The van der Waals surface area contributed by atoms with Gasteiger partial charge in [-0.3, -0.25) is 14.5 Å². The minimum Gasteiger partial charge on any atom is -0.483 e. The third-order valence-corrected chi connectivity index (χ3v) is 6.51. The van der Waals surface area contributed by atoms with E-state index in [1.165, 1.54) is 50.9 Å². The largest absolute Gasteiger partial charge is 0.483 e. The first-order valence-corrected chi connectivity index (χ1v) is 11.7. The summed E-state index contributed by atoms with van der Waals surface area (Å²) in [5.74, 6) is 0. The molecule has 0 aromatic heterocycles. The number of halogens is 1. The Morgan fingerprint density at radius 2 is 1.72 bits per heavy atom. The van der Waals surface area contributed by atoms with Crippen LogP contribution in [-0.4, -0.2) is 90.4 Å². The van der Waals surface area contributed by atoms with Crippen LogP contribution in [0, 0.1) is 0 Å². The van der Waals surface area contributed by atoms with E-state index in [9.17, 15) is 0 Å². The molecule has 3 N–H and O–H groups in total. The highest BCUT2D eigenvalue weighted by Crippen LogP contribution is 2.31. The first-order valence-electron chi connectivity index (χ1n) is 11.3. The molecule has 1 aromatic rings. The lowest BCUT2D eigenvalue weighted by atomic mass is 10.0. The maximum atomic E-state index is 8.36. The molecule has 8 nitrogen and oxygen atoms in total. The van der Waals surface area contributed by atoms with Crippen molar-refractivity contribution in [3.8, 4) is 0 Å². The minimum atomic E-state index is -0.250. The van der Waals surface area contributed by atoms with E-state index in [-0.39, 0.29) is 19.0 Å². The summed E-state index contributed by atoms with van der Waals surface area (Å²) in [5, 5.41) is 18.5. The molecular weight excluding hydrogens is 434 g/mol. The van der Waals surface area contributed by atoms with Gasteiger partial charge in [-0.1, -0.05) is 30.7 Å². The maximum Gasteiger partial charge on any atom is 0.290 e. The molecule has 3 heterocycles. The number of likely N-dealkylation sites (tertiary alicyclic amines) is 1. The summed E-state index contributed by atoms with van der Waals surface area (Å²) < 4.78 is 6.18. The molecule has 0 bridgehead atoms. The predicted octanol–water partition coefficient (Wildman–Crippen LogP) is 2.72. The van der Waals surface area contributed by atoms with Gasteiger partial charge in [-0.2, -0.15) is 0 Å². The van der Waals surface area contributed by atoms with Gasteiger partial charge in [0, 0.05) is 36.2 Å². The van der Waals surface area contributed by atoms with Gasteiger partial charge in [-0.25, -0.2) is 0 Å². The lowest BCUT2D eigenvalue weighted by Crippen LogP contribution is -2.47. The summed E-state index contributed by atoms with van der Waals surface area (Å²) in [4.78, 5) is 22.0. The number of rotatable bonds is 5. The summed E-state index contributed by atoms with van der Waals surface area (Å²) in [6.07, 6.45) is 5.27. The Labute approximate surface area is 195 Å². The van der Waals surface area contributed by atoms with E-state index in [0.29, 0.717) is 18.1 Å². The summed E-state index contributed by atoms with van der Waals surface area (Å²) in [7, 11) is 0. The maximum absolute atomic E-state index is 8.36. The van der Waals surface area contributed by atoms with Crippen LogP contribution in [0.3, 0.4) is 0 Å². The van der Waals surface area contributed by atoms with E-state index in [1.54, 1.807) is 0 Å². The fourth-order valence-corrected chi connectivity index (χ4v) is 4.97. The molecule has 32 heavy (non-hydrogen) atoms. The second-order valence-corrected chi connectivity index (χ2v) is 8.84. The number of hydrogen-bond acceptors (Lipinski definition) is 6. The van der Waals surface area contributed by atoms with Crippen molar-refractivity contribution in [2.24, 2.45) is 0 Å². The van der Waals surface area contributed by atoms with E-state index in [2.05, 4.69) is 34.2 Å². The van der Waals surface area contributed by atoms with Crippen LogP contribution in [0.15, 0.2) is 24.3 Å². The molecule has 0 spiro atoms. The van der Waals surface area contributed by atoms with Gasteiger partial charge in [0.1, 0.15) is 0 Å². The number of benzene rings is 1. The van der Waals surface area contributed by atoms with Crippen molar-refractivity contribution in [1.82, 2.24) is 15.1 Å². The Morgan fingerprint density at radius 1 is 1.09 bits per heavy atom. The van der Waals surface area contributed by atoms with Crippen LogP contribution >= 0.6 is 11.6 Å². The first kappa shape index (κ1) is 26.5. The molecule has 0 aliphatic carbocycles. The third-order valence-electron chi connectivity index (χ3n) is 6.26. The van der Waals surface area contributed by atoms with Crippen LogP contribution in [-0.2, 0) is 14.3 Å². The van der Waals surface area contributed by atoms with Gasteiger partial charge in [0.2, 0.25) is 0 Å². The Hall–Kier alpha value is -1.71. The fraction of sp³-hybridized carbons (Fsp3) is 0.652. The van der Waals surface area contributed by atoms with Crippen molar-refractivity contribution in [1.29, 1.82) is 0 Å². The van der Waals surface area contributed by atoms with Crippen molar-refractivity contribution in [3.05, 3.63) is 34.9 Å². The molecule has 3 saturated heterocycles. The second-order valence-electron chi connectivity index (χ2n) is 8.41. The van der Waals surface area contributed by atoms with Crippen LogP contribution in [0.4, 0.5) is 0 Å². The van der Waals surface area contributed by atoms with Gasteiger partial charge in [0.25, 0.3) is 12.9 Å². The molecule has 3 fully saturated rings. The zero-order valence-electron chi connectivity index (χ0n) is 18.7. The molecule has 0 amide bonds. The van der Waals surface area contributed by atoms with Gasteiger partial charge in [-0.15, -0.1) is 0 Å². The Kier molecular flexibility index (Phi) is 12.0. The van der Waals surface area contributed by atoms with Gasteiger partial charge in [0.05, 0.1) is 12.7 Å². The van der Waals surface area contributed by atoms with Gasteiger partial charge >= 0.3 is 0 Å². The molecular formula is C23H36ClN3O5. The van der Waals surface area contributed by atoms with E-state index in [4.69, 9.17) is 36.1 Å². The van der Waals surface area contributed by atoms with Gasteiger partial charge in [-0.05, 0) is 63.0 Å². The minimum absolute atomic E-state index is 0.180. The number of morpholine rings is 1. The van der Waals surface area contributed by atoms with Gasteiger partial charge < -0.3 is 25.2 Å². The van der Waals surface area contributed by atoms with E-state index in [1.807, 2.05) is 12.1 Å². The Bertz CT molecular complexity index is 664. The molecule has 1 aromatic carbocycles. The Morgan fingerprint density at radius 3 is 2.31 bits per heavy atom. The average Bonchev–Trinajstić information content (AvgIpc) is 3.18. The molecule has 4 rings (SSSR count). The predicted molar refractivity (Wildman–Crippen MR) is 124 cm³/mol. The number of fused-ring (bicyclic) bond motifs is 1. The highest BCUT2D eigenvalue weighted by molar-refractivity contribution is 6.30. The van der Waals surface area contributed by atoms with Crippen molar-refractivity contribution >= 4 is 24.5 Å². The van der Waals surface area contributed by atoms with Crippen LogP contribution < -0.4 is 5.32 Å². The van der Waals surface area contributed by atoms with Crippen molar-refractivity contribution < 1.29 is 24.5 Å². The third kappa shape index (κ3) is 8.33. The number of hydrogen-bond donors (Lipinski definition) is 3. The molecule has 0 saturated carbocycles. The van der Waals surface area contributed by atoms with Crippen molar-refractivity contribution in [2.45, 2.75) is 56.8 Å². The number of carbonyl (C=O) groups is 2. The number of carboxylic acid groups (broad SMARTS) is 2. The first-order chi connectivity index (χ1) is 15.5. The standard InChI is InChI=1S/C21H32ClN3O.2CH2O2/c1-2-9-24-10-7-18(8-11-24)23-19-12-20-15-26-21(14-25(20)13-19)16-3-5-17(22)6-4-16;2*2-1-3/h3-6,18-21,23H,2,7-15H2,1H3;2*1H,(H,2,3)/t19-,20+,21-;;/m1../s1. The summed E-state index contributed by atoms with van der Waals surface area (Å²) in [5.41, 5.74) is 1.24. The lowest BCUT2D eigenvalue weighted by Gasteiger charge is -2.35. The zero-order valence-corrected chi connectivity index (χ0v) is 19.5. The average molecular weight is 470 g/mol. The summed E-state index contributed by atoms with van der Waals surface area (Å²) in [6, 6.07) is 10.0. The van der Waals surface area contributed by atoms with E-state index in [0.717, 1.165) is 24.7 Å². The monoisotopic (exact) mass is 469 g/mol. The fourth-order valence-electron chi connectivity index (χ4n) is 4.85. The summed E-state index contributed by atoms with van der Waals surface area (Å²) in [6.45, 7) is 8.56. The molecule has 9 heteroatoms. The molecule has 180 valence electrons.